The molecule has 1 heterocycles. The van der Waals surface area contributed by atoms with Gasteiger partial charge >= 0.3 is 0 Å². The molecule has 0 saturated heterocycles. The fourth-order valence-corrected chi connectivity index (χ4v) is 3.16. The molecular weight excluding hydrogens is 226 g/mol. The third-order valence-electron chi connectivity index (χ3n) is 4.26. The summed E-state index contributed by atoms with van der Waals surface area (Å²) in [7, 11) is 3.94. The number of hydrogen-bond acceptors (Lipinski definition) is 4. The van der Waals surface area contributed by atoms with Gasteiger partial charge in [0.25, 0.3) is 0 Å². The highest BCUT2D eigenvalue weighted by molar-refractivity contribution is 5.80. The number of rotatable bonds is 4. The predicted octanol–water partition coefficient (Wildman–Crippen LogP) is 1.86. The number of hydrogen-bond donors (Lipinski definition) is 1. The van der Waals surface area contributed by atoms with Crippen molar-refractivity contribution in [3.63, 3.8) is 0 Å². The molecule has 0 aromatic rings. The Hall–Kier alpha value is -0.770. The van der Waals surface area contributed by atoms with Crippen LogP contribution in [0.5, 0.6) is 0 Å². The quantitative estimate of drug-likeness (QED) is 0.831. The second-order valence-electron chi connectivity index (χ2n) is 5.83. The zero-order valence-corrected chi connectivity index (χ0v) is 11.9. The Morgan fingerprint density at radius 2 is 2.06 bits per heavy atom. The van der Waals surface area contributed by atoms with Gasteiger partial charge in [0.1, 0.15) is 0 Å². The summed E-state index contributed by atoms with van der Waals surface area (Å²) in [5.41, 5.74) is 0.327. The van der Waals surface area contributed by atoms with Crippen LogP contribution in [0.2, 0.25) is 0 Å². The van der Waals surface area contributed by atoms with E-state index in [4.69, 9.17) is 4.74 Å². The highest BCUT2D eigenvalue weighted by Gasteiger charge is 2.32. The van der Waals surface area contributed by atoms with Crippen LogP contribution in [0.1, 0.15) is 38.5 Å². The second kappa shape index (κ2) is 6.41. The van der Waals surface area contributed by atoms with Crippen molar-refractivity contribution in [3.05, 3.63) is 0 Å². The molecule has 2 rings (SSSR count). The smallest absolute Gasteiger partial charge is 0.193 e. The van der Waals surface area contributed by atoms with Crippen molar-refractivity contribution in [3.8, 4) is 0 Å². The van der Waals surface area contributed by atoms with Gasteiger partial charge in [0.05, 0.1) is 6.61 Å². The zero-order chi connectivity index (χ0) is 12.8. The molecule has 0 amide bonds. The van der Waals surface area contributed by atoms with Crippen LogP contribution in [-0.2, 0) is 4.74 Å². The second-order valence-corrected chi connectivity index (χ2v) is 5.83. The van der Waals surface area contributed by atoms with E-state index in [1.807, 2.05) is 7.11 Å². The van der Waals surface area contributed by atoms with Crippen LogP contribution < -0.4 is 5.32 Å². The normalized spacial score (nSPS) is 23.7. The van der Waals surface area contributed by atoms with Gasteiger partial charge in [-0.2, -0.15) is 0 Å². The molecule has 18 heavy (non-hydrogen) atoms. The molecule has 0 atom stereocenters. The first-order valence-electron chi connectivity index (χ1n) is 7.24. The van der Waals surface area contributed by atoms with Crippen molar-refractivity contribution in [2.75, 3.05) is 40.4 Å². The van der Waals surface area contributed by atoms with Gasteiger partial charge in [-0.1, -0.05) is 19.3 Å². The van der Waals surface area contributed by atoms with Crippen molar-refractivity contribution in [2.45, 2.75) is 38.5 Å². The third-order valence-corrected chi connectivity index (χ3v) is 4.26. The minimum atomic E-state index is 0.327. The molecule has 104 valence electrons. The Bertz CT molecular complexity index is 279. The molecule has 4 nitrogen and oxygen atoms in total. The largest absolute Gasteiger partial charge is 0.384 e. The lowest BCUT2D eigenvalue weighted by atomic mass is 9.74. The number of nitrogens with zero attached hydrogens (tertiary/aromatic N) is 2. The maximum Gasteiger partial charge on any atom is 0.193 e. The van der Waals surface area contributed by atoms with Crippen LogP contribution in [0.4, 0.5) is 0 Å². The van der Waals surface area contributed by atoms with Gasteiger partial charge in [0.15, 0.2) is 5.96 Å². The van der Waals surface area contributed by atoms with Crippen LogP contribution in [0.3, 0.4) is 0 Å². The number of nitrogens with one attached hydrogen (secondary N) is 1. The van der Waals surface area contributed by atoms with E-state index in [0.29, 0.717) is 5.41 Å². The topological polar surface area (TPSA) is 36.9 Å². The fourth-order valence-electron chi connectivity index (χ4n) is 3.16. The summed E-state index contributed by atoms with van der Waals surface area (Å²) in [4.78, 5) is 6.81. The Kier molecular flexibility index (Phi) is 4.87. The molecule has 2 aliphatic rings. The van der Waals surface area contributed by atoms with Crippen LogP contribution in [0, 0.1) is 5.41 Å². The molecule has 1 saturated carbocycles. The monoisotopic (exact) mass is 253 g/mol. The van der Waals surface area contributed by atoms with E-state index in [1.165, 1.54) is 38.5 Å². The first kappa shape index (κ1) is 13.7. The Morgan fingerprint density at radius 3 is 2.72 bits per heavy atom. The maximum atomic E-state index is 5.46. The van der Waals surface area contributed by atoms with Crippen LogP contribution in [-0.4, -0.2) is 51.3 Å². The lowest BCUT2D eigenvalue weighted by Gasteiger charge is -2.38. The van der Waals surface area contributed by atoms with E-state index in [-0.39, 0.29) is 0 Å². The first-order valence-corrected chi connectivity index (χ1v) is 7.24. The minimum Gasteiger partial charge on any atom is -0.384 e. The third kappa shape index (κ3) is 3.37. The summed E-state index contributed by atoms with van der Waals surface area (Å²) in [5.74, 6) is 1.07. The van der Waals surface area contributed by atoms with Gasteiger partial charge < -0.3 is 15.0 Å². The molecule has 0 aromatic heterocycles. The van der Waals surface area contributed by atoms with Gasteiger partial charge in [-0.3, -0.25) is 4.99 Å². The molecule has 4 heteroatoms. The Balaban J connectivity index is 1.90. The number of guanidine groups is 1. The summed E-state index contributed by atoms with van der Waals surface area (Å²) in [6.45, 7) is 3.95. The average molecular weight is 253 g/mol. The number of aliphatic imine (C=N–C) groups is 1. The van der Waals surface area contributed by atoms with Gasteiger partial charge in [-0.25, -0.2) is 0 Å². The van der Waals surface area contributed by atoms with E-state index < -0.39 is 0 Å². The fraction of sp³-hybridized carbons (Fsp3) is 0.929. The molecule has 0 aromatic carbocycles. The molecule has 1 fully saturated rings. The SMILES string of the molecule is COCC1(CNC2=NCCCN2C)CCCCC1. The summed E-state index contributed by atoms with van der Waals surface area (Å²) in [6, 6.07) is 0. The molecule has 0 unspecified atom stereocenters. The summed E-state index contributed by atoms with van der Waals surface area (Å²) in [6.07, 6.45) is 7.80. The molecule has 1 N–H and O–H groups in total. The standard InChI is InChI=1S/C14H27N3O/c1-17-10-6-9-15-13(17)16-11-14(12-18-2)7-4-3-5-8-14/h3-12H2,1-2H3,(H,15,16). The van der Waals surface area contributed by atoms with Gasteiger partial charge in [0.2, 0.25) is 0 Å². The summed E-state index contributed by atoms with van der Waals surface area (Å²) in [5, 5.41) is 3.56. The highest BCUT2D eigenvalue weighted by Crippen LogP contribution is 2.35. The number of ether oxygens (including phenoxy) is 1. The molecular formula is C14H27N3O. The first-order chi connectivity index (χ1) is 8.76. The van der Waals surface area contributed by atoms with E-state index in [2.05, 4.69) is 22.3 Å². The van der Waals surface area contributed by atoms with Crippen molar-refractivity contribution >= 4 is 5.96 Å². The van der Waals surface area contributed by atoms with E-state index in [1.54, 1.807) is 0 Å². The Labute approximate surface area is 111 Å². The zero-order valence-electron chi connectivity index (χ0n) is 11.9. The summed E-state index contributed by atoms with van der Waals surface area (Å²) < 4.78 is 5.46. The molecule has 0 bridgehead atoms. The lowest BCUT2D eigenvalue weighted by molar-refractivity contribution is 0.0512. The average Bonchev–Trinajstić information content (AvgIpc) is 2.39. The van der Waals surface area contributed by atoms with E-state index in [0.717, 1.165) is 32.2 Å². The number of methoxy groups -OCH3 is 1. The Morgan fingerprint density at radius 1 is 1.28 bits per heavy atom. The van der Waals surface area contributed by atoms with Crippen molar-refractivity contribution in [2.24, 2.45) is 10.4 Å². The molecule has 0 spiro atoms. The highest BCUT2D eigenvalue weighted by atomic mass is 16.5. The lowest BCUT2D eigenvalue weighted by Crippen LogP contribution is -2.48. The maximum absolute atomic E-state index is 5.46. The van der Waals surface area contributed by atoms with Crippen molar-refractivity contribution in [1.29, 1.82) is 0 Å². The molecule has 1 aliphatic heterocycles. The van der Waals surface area contributed by atoms with E-state index in [9.17, 15) is 0 Å². The van der Waals surface area contributed by atoms with Crippen LogP contribution in [0.15, 0.2) is 4.99 Å². The van der Waals surface area contributed by atoms with Crippen LogP contribution in [0.25, 0.3) is 0 Å². The predicted molar refractivity (Wildman–Crippen MR) is 74.9 cm³/mol. The molecule has 0 radical (unpaired) electrons. The van der Waals surface area contributed by atoms with E-state index >= 15 is 0 Å². The van der Waals surface area contributed by atoms with Crippen molar-refractivity contribution < 1.29 is 4.74 Å². The van der Waals surface area contributed by atoms with Gasteiger partial charge in [-0.05, 0) is 19.3 Å². The molecule has 1 aliphatic carbocycles. The van der Waals surface area contributed by atoms with Gasteiger partial charge in [0, 0.05) is 39.2 Å². The minimum absolute atomic E-state index is 0.327. The van der Waals surface area contributed by atoms with Gasteiger partial charge in [-0.15, -0.1) is 0 Å². The van der Waals surface area contributed by atoms with Crippen LogP contribution >= 0.6 is 0 Å². The van der Waals surface area contributed by atoms with Crippen molar-refractivity contribution in [1.82, 2.24) is 10.2 Å². The summed E-state index contributed by atoms with van der Waals surface area (Å²) >= 11 is 0.